The Hall–Kier alpha value is -2.01. The highest BCUT2D eigenvalue weighted by Crippen LogP contribution is 2.25. The number of ether oxygens (including phenoxy) is 1. The number of aromatic nitrogens is 2. The number of rotatable bonds is 5. The lowest BCUT2D eigenvalue weighted by Gasteiger charge is -2.10. The van der Waals surface area contributed by atoms with Crippen molar-refractivity contribution < 1.29 is 14.6 Å². The molecule has 1 aromatic carbocycles. The lowest BCUT2D eigenvalue weighted by Crippen LogP contribution is -2.05. The predicted molar refractivity (Wildman–Crippen MR) is 80.1 cm³/mol. The number of carboxylic acids is 1. The second-order valence-corrected chi connectivity index (χ2v) is 5.14. The maximum absolute atomic E-state index is 11.0. The van der Waals surface area contributed by atoms with E-state index in [1.807, 2.05) is 20.9 Å². The molecule has 0 fully saturated rings. The van der Waals surface area contributed by atoms with Gasteiger partial charge in [0.15, 0.2) is 0 Å². The lowest BCUT2D eigenvalue weighted by molar-refractivity contribution is 0.0696. The Balaban J connectivity index is 2.22. The van der Waals surface area contributed by atoms with Crippen molar-refractivity contribution in [2.75, 3.05) is 0 Å². The first-order valence-corrected chi connectivity index (χ1v) is 6.98. The van der Waals surface area contributed by atoms with Crippen LogP contribution in [0, 0.1) is 6.92 Å². The minimum atomic E-state index is -0.980. The SMILES string of the molecule is CCc1nn(C)c(COc2cc(C(=O)O)ccc2C)c1Cl. The molecule has 1 heterocycles. The van der Waals surface area contributed by atoms with Crippen molar-refractivity contribution in [2.45, 2.75) is 26.9 Å². The van der Waals surface area contributed by atoms with E-state index in [1.165, 1.54) is 6.07 Å². The summed E-state index contributed by atoms with van der Waals surface area (Å²) in [4.78, 5) is 11.0. The molecule has 1 aromatic heterocycles. The molecule has 0 unspecified atom stereocenters. The number of hydrogen-bond acceptors (Lipinski definition) is 3. The number of aryl methyl sites for hydroxylation is 3. The molecule has 5 nitrogen and oxygen atoms in total. The Bertz CT molecular complexity index is 680. The summed E-state index contributed by atoms with van der Waals surface area (Å²) in [6.07, 6.45) is 0.750. The molecule has 6 heteroatoms. The summed E-state index contributed by atoms with van der Waals surface area (Å²) >= 11 is 6.26. The van der Waals surface area contributed by atoms with Crippen LogP contribution in [0.3, 0.4) is 0 Å². The molecule has 2 aromatic rings. The van der Waals surface area contributed by atoms with Crippen LogP contribution in [0.4, 0.5) is 0 Å². The third-order valence-corrected chi connectivity index (χ3v) is 3.74. The van der Waals surface area contributed by atoms with E-state index < -0.39 is 5.97 Å². The van der Waals surface area contributed by atoms with Crippen LogP contribution in [0.2, 0.25) is 5.02 Å². The van der Waals surface area contributed by atoms with Gasteiger partial charge in [0.25, 0.3) is 0 Å². The van der Waals surface area contributed by atoms with Crippen LogP contribution in [0.25, 0.3) is 0 Å². The highest BCUT2D eigenvalue weighted by molar-refractivity contribution is 6.31. The normalized spacial score (nSPS) is 10.7. The third-order valence-electron chi connectivity index (χ3n) is 3.30. The maximum Gasteiger partial charge on any atom is 0.335 e. The van der Waals surface area contributed by atoms with Gasteiger partial charge in [0, 0.05) is 7.05 Å². The Morgan fingerprint density at radius 3 is 2.76 bits per heavy atom. The molecule has 0 saturated heterocycles. The summed E-state index contributed by atoms with van der Waals surface area (Å²) in [6, 6.07) is 4.79. The standard InChI is InChI=1S/C15H17ClN2O3/c1-4-11-14(16)12(18(3)17-11)8-21-13-7-10(15(19)20)6-5-9(13)2/h5-7H,4,8H2,1-3H3,(H,19,20). The van der Waals surface area contributed by atoms with Crippen molar-refractivity contribution in [2.24, 2.45) is 7.05 Å². The quantitative estimate of drug-likeness (QED) is 0.921. The Labute approximate surface area is 128 Å². The predicted octanol–water partition coefficient (Wildman–Crippen LogP) is 3.22. The number of nitrogens with zero attached hydrogens (tertiary/aromatic N) is 2. The fourth-order valence-electron chi connectivity index (χ4n) is 2.01. The Kier molecular flexibility index (Phi) is 4.53. The molecule has 2 rings (SSSR count). The minimum Gasteiger partial charge on any atom is -0.487 e. The molecule has 0 saturated carbocycles. The van der Waals surface area contributed by atoms with Crippen molar-refractivity contribution in [3.05, 3.63) is 45.7 Å². The number of benzene rings is 1. The van der Waals surface area contributed by atoms with Gasteiger partial charge in [0.2, 0.25) is 0 Å². The first-order chi connectivity index (χ1) is 9.93. The van der Waals surface area contributed by atoms with Crippen LogP contribution >= 0.6 is 11.6 Å². The van der Waals surface area contributed by atoms with Gasteiger partial charge in [0.1, 0.15) is 12.4 Å². The fourth-order valence-corrected chi connectivity index (χ4v) is 2.36. The molecule has 0 spiro atoms. The number of aromatic carboxylic acids is 1. The van der Waals surface area contributed by atoms with Crippen molar-refractivity contribution >= 4 is 17.6 Å². The summed E-state index contributed by atoms with van der Waals surface area (Å²) in [5, 5.41) is 13.9. The topological polar surface area (TPSA) is 64.4 Å². The van der Waals surface area contributed by atoms with Crippen LogP contribution in [-0.4, -0.2) is 20.9 Å². The van der Waals surface area contributed by atoms with Gasteiger partial charge in [-0.2, -0.15) is 5.10 Å². The van der Waals surface area contributed by atoms with Gasteiger partial charge >= 0.3 is 5.97 Å². The van der Waals surface area contributed by atoms with Crippen LogP contribution in [-0.2, 0) is 20.1 Å². The first kappa shape index (κ1) is 15.4. The molecule has 0 radical (unpaired) electrons. The molecule has 0 aliphatic heterocycles. The zero-order valence-corrected chi connectivity index (χ0v) is 12.9. The van der Waals surface area contributed by atoms with Gasteiger partial charge in [-0.1, -0.05) is 24.6 Å². The largest absolute Gasteiger partial charge is 0.487 e. The molecule has 1 N–H and O–H groups in total. The van der Waals surface area contributed by atoms with E-state index in [0.29, 0.717) is 10.8 Å². The second kappa shape index (κ2) is 6.18. The van der Waals surface area contributed by atoms with E-state index in [0.717, 1.165) is 23.4 Å². The van der Waals surface area contributed by atoms with Crippen molar-refractivity contribution in [1.82, 2.24) is 9.78 Å². The summed E-state index contributed by atoms with van der Waals surface area (Å²) in [5.41, 5.74) is 2.66. The zero-order chi connectivity index (χ0) is 15.6. The van der Waals surface area contributed by atoms with E-state index in [9.17, 15) is 4.79 Å². The van der Waals surface area contributed by atoms with Crippen LogP contribution in [0.1, 0.15) is 34.2 Å². The van der Waals surface area contributed by atoms with Crippen molar-refractivity contribution in [1.29, 1.82) is 0 Å². The smallest absolute Gasteiger partial charge is 0.335 e. The van der Waals surface area contributed by atoms with Gasteiger partial charge in [-0.05, 0) is 31.0 Å². The van der Waals surface area contributed by atoms with Crippen molar-refractivity contribution in [3.63, 3.8) is 0 Å². The van der Waals surface area contributed by atoms with Gasteiger partial charge in [0.05, 0.1) is 22.0 Å². The van der Waals surface area contributed by atoms with E-state index in [4.69, 9.17) is 21.4 Å². The van der Waals surface area contributed by atoms with E-state index in [-0.39, 0.29) is 12.2 Å². The van der Waals surface area contributed by atoms with Gasteiger partial charge < -0.3 is 9.84 Å². The molecule has 112 valence electrons. The van der Waals surface area contributed by atoms with Gasteiger partial charge in [-0.3, -0.25) is 4.68 Å². The third kappa shape index (κ3) is 3.19. The number of hydrogen-bond donors (Lipinski definition) is 1. The maximum atomic E-state index is 11.0. The second-order valence-electron chi connectivity index (χ2n) is 4.76. The summed E-state index contributed by atoms with van der Waals surface area (Å²) in [5.74, 6) is -0.447. The molecule has 21 heavy (non-hydrogen) atoms. The van der Waals surface area contributed by atoms with Crippen LogP contribution in [0.5, 0.6) is 5.75 Å². The van der Waals surface area contributed by atoms with Crippen LogP contribution < -0.4 is 4.74 Å². The summed E-state index contributed by atoms with van der Waals surface area (Å²) in [6.45, 7) is 4.09. The monoisotopic (exact) mass is 308 g/mol. The van der Waals surface area contributed by atoms with Gasteiger partial charge in [-0.25, -0.2) is 4.79 Å². The molecular weight excluding hydrogens is 292 g/mol. The molecule has 0 aliphatic rings. The number of carbonyl (C=O) groups is 1. The molecule has 0 bridgehead atoms. The van der Waals surface area contributed by atoms with E-state index >= 15 is 0 Å². The minimum absolute atomic E-state index is 0.195. The molecular formula is C15H17ClN2O3. The van der Waals surface area contributed by atoms with E-state index in [1.54, 1.807) is 16.8 Å². The van der Waals surface area contributed by atoms with Gasteiger partial charge in [-0.15, -0.1) is 0 Å². The summed E-state index contributed by atoms with van der Waals surface area (Å²) < 4.78 is 7.42. The number of halogens is 1. The van der Waals surface area contributed by atoms with E-state index in [2.05, 4.69) is 5.10 Å². The molecule has 0 amide bonds. The van der Waals surface area contributed by atoms with Crippen molar-refractivity contribution in [3.8, 4) is 5.75 Å². The Morgan fingerprint density at radius 1 is 1.48 bits per heavy atom. The average molecular weight is 309 g/mol. The highest BCUT2D eigenvalue weighted by Gasteiger charge is 2.14. The highest BCUT2D eigenvalue weighted by atomic mass is 35.5. The zero-order valence-electron chi connectivity index (χ0n) is 12.2. The first-order valence-electron chi connectivity index (χ1n) is 6.61. The fraction of sp³-hybridized carbons (Fsp3) is 0.333. The Morgan fingerprint density at radius 2 is 2.19 bits per heavy atom. The number of carboxylic acid groups (broad SMARTS) is 1. The van der Waals surface area contributed by atoms with Crippen LogP contribution in [0.15, 0.2) is 18.2 Å². The average Bonchev–Trinajstić information content (AvgIpc) is 2.72. The summed E-state index contributed by atoms with van der Waals surface area (Å²) in [7, 11) is 1.81. The lowest BCUT2D eigenvalue weighted by atomic mass is 10.1. The molecule has 0 atom stereocenters. The molecule has 0 aliphatic carbocycles.